The number of ether oxygens (including phenoxy) is 1. The Morgan fingerprint density at radius 3 is 2.03 bits per heavy atom. The average Bonchev–Trinajstić information content (AvgIpc) is 3.07. The Kier molecular flexibility index (Phi) is 14.9. The predicted molar refractivity (Wildman–Crippen MR) is 156 cm³/mol. The molecule has 0 aliphatic rings. The fraction of sp³-hybridized carbons (Fsp3) is 0.536. The van der Waals surface area contributed by atoms with E-state index in [0.717, 1.165) is 35.4 Å². The van der Waals surface area contributed by atoms with Gasteiger partial charge in [-0.05, 0) is 80.8 Å². The molecule has 3 rings (SSSR count). The molecule has 0 spiro atoms. The average molecular weight is 540 g/mol. The highest BCUT2D eigenvalue weighted by molar-refractivity contribution is 5.85. The summed E-state index contributed by atoms with van der Waals surface area (Å²) in [5.74, 6) is 0.855. The second kappa shape index (κ2) is 16.7. The maximum Gasteiger partial charge on any atom is 0.328 e. The second-order valence-electron chi connectivity index (χ2n) is 9.24. The van der Waals surface area contributed by atoms with Crippen molar-refractivity contribution in [3.8, 4) is 5.75 Å². The minimum atomic E-state index is -0.0115. The topological polar surface area (TPSA) is 51.4 Å². The SMILES string of the molecule is CCCCN(CCCC)CCCNCc1ccc(OCc2ccc3c(c2)n(C)c(=O)n3C)cc1.Cl.Cl. The van der Waals surface area contributed by atoms with Crippen molar-refractivity contribution in [2.24, 2.45) is 14.1 Å². The smallest absolute Gasteiger partial charge is 0.328 e. The number of nitrogens with zero attached hydrogens (tertiary/aromatic N) is 3. The number of benzene rings is 2. The van der Waals surface area contributed by atoms with Gasteiger partial charge in [-0.2, -0.15) is 0 Å². The molecule has 0 saturated carbocycles. The summed E-state index contributed by atoms with van der Waals surface area (Å²) in [4.78, 5) is 14.7. The summed E-state index contributed by atoms with van der Waals surface area (Å²) < 4.78 is 9.33. The summed E-state index contributed by atoms with van der Waals surface area (Å²) in [7, 11) is 3.60. The van der Waals surface area contributed by atoms with Crippen LogP contribution in [-0.2, 0) is 27.2 Å². The van der Waals surface area contributed by atoms with E-state index < -0.39 is 0 Å². The molecular formula is C28H44Cl2N4O2. The first-order valence-electron chi connectivity index (χ1n) is 12.8. The zero-order valence-electron chi connectivity index (χ0n) is 22.3. The molecule has 202 valence electrons. The van der Waals surface area contributed by atoms with Crippen LogP contribution in [0.2, 0.25) is 0 Å². The molecule has 1 heterocycles. The van der Waals surface area contributed by atoms with Gasteiger partial charge in [-0.25, -0.2) is 4.79 Å². The van der Waals surface area contributed by atoms with Gasteiger partial charge in [0.15, 0.2) is 0 Å². The summed E-state index contributed by atoms with van der Waals surface area (Å²) in [5.41, 5.74) is 4.16. The zero-order valence-corrected chi connectivity index (χ0v) is 23.9. The van der Waals surface area contributed by atoms with Gasteiger partial charge < -0.3 is 15.0 Å². The number of aromatic nitrogens is 2. The second-order valence-corrected chi connectivity index (χ2v) is 9.24. The lowest BCUT2D eigenvalue weighted by Gasteiger charge is -2.22. The van der Waals surface area contributed by atoms with Crippen LogP contribution in [0.25, 0.3) is 11.0 Å². The van der Waals surface area contributed by atoms with Crippen LogP contribution in [0.4, 0.5) is 0 Å². The highest BCUT2D eigenvalue weighted by atomic mass is 35.5. The number of aryl methyl sites for hydroxylation is 2. The van der Waals surface area contributed by atoms with Crippen LogP contribution < -0.4 is 15.7 Å². The molecule has 0 aliphatic carbocycles. The fourth-order valence-electron chi connectivity index (χ4n) is 4.27. The van der Waals surface area contributed by atoms with Crippen LogP contribution in [0.1, 0.15) is 57.1 Å². The molecule has 6 nitrogen and oxygen atoms in total. The lowest BCUT2D eigenvalue weighted by atomic mass is 10.2. The number of hydrogen-bond acceptors (Lipinski definition) is 4. The Labute approximate surface area is 228 Å². The zero-order chi connectivity index (χ0) is 24.3. The van der Waals surface area contributed by atoms with E-state index in [1.54, 1.807) is 23.2 Å². The Balaban J connectivity index is 0.00000324. The van der Waals surface area contributed by atoms with Gasteiger partial charge in [0.05, 0.1) is 11.0 Å². The van der Waals surface area contributed by atoms with Gasteiger partial charge in [-0.3, -0.25) is 9.13 Å². The summed E-state index contributed by atoms with van der Waals surface area (Å²) >= 11 is 0. The number of halogens is 2. The van der Waals surface area contributed by atoms with Crippen molar-refractivity contribution < 1.29 is 4.74 Å². The van der Waals surface area contributed by atoms with E-state index in [-0.39, 0.29) is 30.5 Å². The number of nitrogens with one attached hydrogen (secondary N) is 1. The summed E-state index contributed by atoms with van der Waals surface area (Å²) in [5, 5.41) is 3.58. The van der Waals surface area contributed by atoms with Gasteiger partial charge in [-0.15, -0.1) is 24.8 Å². The Bertz CT molecular complexity index is 1070. The predicted octanol–water partition coefficient (Wildman–Crippen LogP) is 5.68. The van der Waals surface area contributed by atoms with Gasteiger partial charge in [0.25, 0.3) is 0 Å². The number of unbranched alkanes of at least 4 members (excludes halogenated alkanes) is 2. The minimum absolute atomic E-state index is 0. The van der Waals surface area contributed by atoms with Crippen molar-refractivity contribution in [1.82, 2.24) is 19.4 Å². The number of hydrogen-bond donors (Lipinski definition) is 1. The molecule has 0 bridgehead atoms. The molecular weight excluding hydrogens is 495 g/mol. The van der Waals surface area contributed by atoms with Crippen LogP contribution in [0, 0.1) is 0 Å². The van der Waals surface area contributed by atoms with E-state index in [4.69, 9.17) is 4.74 Å². The molecule has 0 amide bonds. The Hall–Kier alpha value is -1.99. The third-order valence-electron chi connectivity index (χ3n) is 6.48. The van der Waals surface area contributed by atoms with Crippen LogP contribution in [0.15, 0.2) is 47.3 Å². The first-order chi connectivity index (χ1) is 16.5. The van der Waals surface area contributed by atoms with Gasteiger partial charge in [0, 0.05) is 20.6 Å². The van der Waals surface area contributed by atoms with Crippen molar-refractivity contribution in [2.45, 2.75) is 59.1 Å². The van der Waals surface area contributed by atoms with Crippen LogP contribution >= 0.6 is 24.8 Å². The van der Waals surface area contributed by atoms with Crippen molar-refractivity contribution in [3.63, 3.8) is 0 Å². The number of rotatable bonds is 15. The molecule has 0 aliphatic heterocycles. The quantitative estimate of drug-likeness (QED) is 0.253. The molecule has 2 aromatic carbocycles. The number of imidazole rings is 1. The molecule has 1 aromatic heterocycles. The summed E-state index contributed by atoms with van der Waals surface area (Å²) in [6.45, 7) is 10.6. The Morgan fingerprint density at radius 2 is 1.39 bits per heavy atom. The van der Waals surface area contributed by atoms with Crippen molar-refractivity contribution >= 4 is 35.8 Å². The lowest BCUT2D eigenvalue weighted by Crippen LogP contribution is -2.29. The molecule has 0 radical (unpaired) electrons. The Morgan fingerprint density at radius 1 is 0.806 bits per heavy atom. The monoisotopic (exact) mass is 538 g/mol. The molecule has 36 heavy (non-hydrogen) atoms. The van der Waals surface area contributed by atoms with Crippen molar-refractivity contribution in [2.75, 3.05) is 26.2 Å². The standard InChI is InChI=1S/C28H42N4O2.2ClH/c1-5-7-17-32(18-8-6-2)19-9-16-29-21-23-10-13-25(14-11-23)34-22-24-12-15-26-27(20-24)31(4)28(33)30(26)3;;/h10-15,20,29H,5-9,16-19,21-22H2,1-4H3;2*1H. The van der Waals surface area contributed by atoms with Crippen molar-refractivity contribution in [3.05, 3.63) is 64.1 Å². The van der Waals surface area contributed by atoms with Gasteiger partial charge in [-0.1, -0.05) is 44.9 Å². The molecule has 0 unspecified atom stereocenters. The lowest BCUT2D eigenvalue weighted by molar-refractivity contribution is 0.261. The summed E-state index contributed by atoms with van der Waals surface area (Å²) in [6.07, 6.45) is 6.32. The van der Waals surface area contributed by atoms with Crippen LogP contribution in [-0.4, -0.2) is 40.2 Å². The highest BCUT2D eigenvalue weighted by Gasteiger charge is 2.08. The largest absolute Gasteiger partial charge is 0.489 e. The normalized spacial score (nSPS) is 10.9. The highest BCUT2D eigenvalue weighted by Crippen LogP contribution is 2.18. The van der Waals surface area contributed by atoms with E-state index in [9.17, 15) is 4.79 Å². The molecule has 1 N–H and O–H groups in total. The molecule has 0 fully saturated rings. The first-order valence-corrected chi connectivity index (χ1v) is 12.8. The minimum Gasteiger partial charge on any atom is -0.489 e. The van der Waals surface area contributed by atoms with E-state index in [1.807, 2.05) is 30.3 Å². The molecule has 8 heteroatoms. The molecule has 0 saturated heterocycles. The van der Waals surface area contributed by atoms with E-state index >= 15 is 0 Å². The van der Waals surface area contributed by atoms with Crippen LogP contribution in [0.5, 0.6) is 5.75 Å². The molecule has 3 aromatic rings. The maximum absolute atomic E-state index is 12.1. The van der Waals surface area contributed by atoms with Gasteiger partial charge >= 0.3 is 5.69 Å². The van der Waals surface area contributed by atoms with Crippen LogP contribution in [0.3, 0.4) is 0 Å². The number of fused-ring (bicyclic) bond motifs is 1. The van der Waals surface area contributed by atoms with Gasteiger partial charge in [0.2, 0.25) is 0 Å². The van der Waals surface area contributed by atoms with E-state index in [0.29, 0.717) is 6.61 Å². The summed E-state index contributed by atoms with van der Waals surface area (Å²) in [6, 6.07) is 14.3. The van der Waals surface area contributed by atoms with E-state index in [2.05, 4.69) is 36.2 Å². The van der Waals surface area contributed by atoms with E-state index in [1.165, 1.54) is 57.3 Å². The third-order valence-corrected chi connectivity index (χ3v) is 6.48. The van der Waals surface area contributed by atoms with Crippen molar-refractivity contribution in [1.29, 1.82) is 0 Å². The maximum atomic E-state index is 12.1. The third kappa shape index (κ3) is 9.15. The molecule has 0 atom stereocenters. The fourth-order valence-corrected chi connectivity index (χ4v) is 4.27. The first kappa shape index (κ1) is 32.0. The van der Waals surface area contributed by atoms with Gasteiger partial charge in [0.1, 0.15) is 12.4 Å².